The molecular formula is C18H28O5. The van der Waals surface area contributed by atoms with Crippen molar-refractivity contribution in [1.82, 2.24) is 0 Å². The van der Waals surface area contributed by atoms with Crippen molar-refractivity contribution in [3.05, 3.63) is 17.7 Å². The van der Waals surface area contributed by atoms with Crippen LogP contribution in [-0.4, -0.2) is 27.4 Å². The van der Waals surface area contributed by atoms with Crippen molar-refractivity contribution < 1.29 is 24.9 Å². The molecule has 0 saturated heterocycles. The van der Waals surface area contributed by atoms with Crippen LogP contribution in [0.2, 0.25) is 0 Å². The van der Waals surface area contributed by atoms with Crippen molar-refractivity contribution in [3.8, 4) is 17.2 Å². The lowest BCUT2D eigenvalue weighted by atomic mass is 10.0. The second-order valence-electron chi connectivity index (χ2n) is 5.88. The molecule has 0 amide bonds. The largest absolute Gasteiger partial charge is 0.504 e. The van der Waals surface area contributed by atoms with Crippen LogP contribution in [0.4, 0.5) is 0 Å². The van der Waals surface area contributed by atoms with Gasteiger partial charge < -0.3 is 20.1 Å². The van der Waals surface area contributed by atoms with E-state index in [1.54, 1.807) is 0 Å². The number of phenolic OH excluding ortho intramolecular Hbond substituents is 3. The van der Waals surface area contributed by atoms with E-state index < -0.39 is 23.2 Å². The molecule has 1 aromatic rings. The molecular weight excluding hydrogens is 296 g/mol. The Morgan fingerprint density at radius 1 is 0.957 bits per heavy atom. The Balaban J connectivity index is 2.59. The lowest BCUT2D eigenvalue weighted by Crippen LogP contribution is -2.18. The minimum Gasteiger partial charge on any atom is -0.504 e. The number of carbonyl (C=O) groups is 1. The highest BCUT2D eigenvalue weighted by Gasteiger charge is 2.18. The van der Waals surface area contributed by atoms with Gasteiger partial charge in [-0.25, -0.2) is 4.79 Å². The third-order valence-corrected chi connectivity index (χ3v) is 3.82. The van der Waals surface area contributed by atoms with Gasteiger partial charge in [-0.05, 0) is 31.4 Å². The van der Waals surface area contributed by atoms with E-state index in [9.17, 15) is 20.1 Å². The summed E-state index contributed by atoms with van der Waals surface area (Å²) in [5.41, 5.74) is 0.0323. The van der Waals surface area contributed by atoms with Crippen LogP contribution in [0.25, 0.3) is 0 Å². The molecule has 1 unspecified atom stereocenters. The van der Waals surface area contributed by atoms with Crippen LogP contribution >= 0.6 is 0 Å². The fourth-order valence-electron chi connectivity index (χ4n) is 2.50. The highest BCUT2D eigenvalue weighted by Crippen LogP contribution is 2.35. The molecule has 1 atom stereocenters. The predicted molar refractivity (Wildman–Crippen MR) is 88.9 cm³/mol. The first kappa shape index (κ1) is 19.1. The first-order valence-corrected chi connectivity index (χ1v) is 8.45. The molecule has 5 nitrogen and oxygen atoms in total. The van der Waals surface area contributed by atoms with Crippen LogP contribution < -0.4 is 0 Å². The maximum Gasteiger partial charge on any atom is 0.338 e. The third-order valence-electron chi connectivity index (χ3n) is 3.82. The standard InChI is InChI=1S/C18H28O5/c1-3-5-6-7-8-10-14(9-4-2)23-18(22)13-11-15(19)17(21)16(20)12-13/h11-12,14,19-21H,3-10H2,1-2H3. The summed E-state index contributed by atoms with van der Waals surface area (Å²) in [6, 6.07) is 2.20. The lowest BCUT2D eigenvalue weighted by Gasteiger charge is -2.17. The van der Waals surface area contributed by atoms with Crippen molar-refractivity contribution in [1.29, 1.82) is 0 Å². The number of carbonyl (C=O) groups excluding carboxylic acids is 1. The van der Waals surface area contributed by atoms with Gasteiger partial charge in [0.15, 0.2) is 17.2 Å². The predicted octanol–water partition coefficient (Wildman–Crippen LogP) is 4.49. The van der Waals surface area contributed by atoms with Gasteiger partial charge in [-0.1, -0.05) is 46.0 Å². The second-order valence-corrected chi connectivity index (χ2v) is 5.88. The molecule has 0 fully saturated rings. The number of aromatic hydroxyl groups is 3. The smallest absolute Gasteiger partial charge is 0.338 e. The van der Waals surface area contributed by atoms with Gasteiger partial charge in [-0.2, -0.15) is 0 Å². The topological polar surface area (TPSA) is 87.0 Å². The first-order chi connectivity index (χ1) is 11.0. The highest BCUT2D eigenvalue weighted by molar-refractivity contribution is 5.91. The zero-order chi connectivity index (χ0) is 17.2. The summed E-state index contributed by atoms with van der Waals surface area (Å²) in [6.45, 7) is 4.21. The Kier molecular flexibility index (Phi) is 8.30. The van der Waals surface area contributed by atoms with Gasteiger partial charge in [-0.15, -0.1) is 0 Å². The summed E-state index contributed by atoms with van der Waals surface area (Å²) in [7, 11) is 0. The molecule has 23 heavy (non-hydrogen) atoms. The van der Waals surface area contributed by atoms with E-state index in [1.807, 2.05) is 6.92 Å². The second kappa shape index (κ2) is 9.98. The minimum atomic E-state index is -0.636. The Morgan fingerprint density at radius 2 is 1.57 bits per heavy atom. The molecule has 130 valence electrons. The van der Waals surface area contributed by atoms with Crippen LogP contribution in [0.15, 0.2) is 12.1 Å². The summed E-state index contributed by atoms with van der Waals surface area (Å²) < 4.78 is 5.49. The van der Waals surface area contributed by atoms with E-state index in [-0.39, 0.29) is 11.7 Å². The average molecular weight is 324 g/mol. The SMILES string of the molecule is CCCCCCCC(CCC)OC(=O)c1cc(O)c(O)c(O)c1. The molecule has 0 radical (unpaired) electrons. The maximum absolute atomic E-state index is 12.2. The normalized spacial score (nSPS) is 12.1. The van der Waals surface area contributed by atoms with E-state index in [4.69, 9.17) is 4.74 Å². The zero-order valence-corrected chi connectivity index (χ0v) is 14.0. The number of hydrogen-bond acceptors (Lipinski definition) is 5. The number of esters is 1. The highest BCUT2D eigenvalue weighted by atomic mass is 16.5. The van der Waals surface area contributed by atoms with Crippen molar-refractivity contribution in [2.75, 3.05) is 0 Å². The van der Waals surface area contributed by atoms with Gasteiger partial charge in [-0.3, -0.25) is 0 Å². The van der Waals surface area contributed by atoms with Crippen LogP contribution in [0.3, 0.4) is 0 Å². The van der Waals surface area contributed by atoms with Gasteiger partial charge in [0.2, 0.25) is 0 Å². The number of hydrogen-bond donors (Lipinski definition) is 3. The molecule has 0 saturated carbocycles. The van der Waals surface area contributed by atoms with Gasteiger partial charge in [0.25, 0.3) is 0 Å². The molecule has 0 aliphatic heterocycles. The molecule has 3 N–H and O–H groups in total. The van der Waals surface area contributed by atoms with Crippen LogP contribution in [0, 0.1) is 0 Å². The Labute approximate surface area is 137 Å². The number of phenols is 3. The van der Waals surface area contributed by atoms with Crippen molar-refractivity contribution in [2.45, 2.75) is 71.3 Å². The lowest BCUT2D eigenvalue weighted by molar-refractivity contribution is 0.0253. The van der Waals surface area contributed by atoms with Crippen molar-refractivity contribution >= 4 is 5.97 Å². The summed E-state index contributed by atoms with van der Waals surface area (Å²) in [5.74, 6) is -2.31. The monoisotopic (exact) mass is 324 g/mol. The molecule has 0 aromatic heterocycles. The van der Waals surface area contributed by atoms with Gasteiger partial charge >= 0.3 is 5.97 Å². The number of unbranched alkanes of at least 4 members (excludes halogenated alkanes) is 4. The fourth-order valence-corrected chi connectivity index (χ4v) is 2.50. The van der Waals surface area contributed by atoms with Crippen molar-refractivity contribution in [2.24, 2.45) is 0 Å². The molecule has 0 bridgehead atoms. The quantitative estimate of drug-likeness (QED) is 0.335. The third kappa shape index (κ3) is 6.38. The molecule has 0 aliphatic carbocycles. The summed E-state index contributed by atoms with van der Waals surface area (Å²) >= 11 is 0. The van der Waals surface area contributed by atoms with Gasteiger partial charge in [0, 0.05) is 0 Å². The Bertz CT molecular complexity index is 475. The Hall–Kier alpha value is -1.91. The maximum atomic E-state index is 12.2. The van der Waals surface area contributed by atoms with Gasteiger partial charge in [0.1, 0.15) is 6.10 Å². The zero-order valence-electron chi connectivity index (χ0n) is 14.0. The summed E-state index contributed by atoms with van der Waals surface area (Å²) in [5, 5.41) is 28.3. The molecule has 5 heteroatoms. The summed E-state index contributed by atoms with van der Waals surface area (Å²) in [4.78, 5) is 12.2. The van der Waals surface area contributed by atoms with E-state index in [2.05, 4.69) is 6.92 Å². The number of ether oxygens (including phenoxy) is 1. The first-order valence-electron chi connectivity index (χ1n) is 8.45. The van der Waals surface area contributed by atoms with E-state index >= 15 is 0 Å². The van der Waals surface area contributed by atoms with Crippen LogP contribution in [-0.2, 0) is 4.74 Å². The van der Waals surface area contributed by atoms with E-state index in [0.717, 1.165) is 44.2 Å². The van der Waals surface area contributed by atoms with Crippen LogP contribution in [0.1, 0.15) is 75.6 Å². The fraction of sp³-hybridized carbons (Fsp3) is 0.611. The van der Waals surface area contributed by atoms with E-state index in [0.29, 0.717) is 0 Å². The number of rotatable bonds is 10. The van der Waals surface area contributed by atoms with E-state index in [1.165, 1.54) is 19.3 Å². The summed E-state index contributed by atoms with van der Waals surface area (Å²) in [6.07, 6.45) is 8.13. The average Bonchev–Trinajstić information content (AvgIpc) is 2.51. The molecule has 1 rings (SSSR count). The Morgan fingerprint density at radius 3 is 2.13 bits per heavy atom. The minimum absolute atomic E-state index is 0.0323. The molecule has 1 aromatic carbocycles. The molecule has 0 heterocycles. The molecule has 0 spiro atoms. The molecule has 0 aliphatic rings. The van der Waals surface area contributed by atoms with Crippen molar-refractivity contribution in [3.63, 3.8) is 0 Å². The van der Waals surface area contributed by atoms with Gasteiger partial charge in [0.05, 0.1) is 5.56 Å². The number of benzene rings is 1. The van der Waals surface area contributed by atoms with Crippen LogP contribution in [0.5, 0.6) is 17.2 Å².